The van der Waals surface area contributed by atoms with Crippen LogP contribution in [0.3, 0.4) is 0 Å². The van der Waals surface area contributed by atoms with Crippen molar-refractivity contribution < 1.29 is 9.84 Å². The predicted octanol–water partition coefficient (Wildman–Crippen LogP) is 1.81. The maximum Gasteiger partial charge on any atom is 0.122 e. The van der Waals surface area contributed by atoms with Crippen LogP contribution in [0.2, 0.25) is 13.1 Å². The lowest BCUT2D eigenvalue weighted by Gasteiger charge is -2.26. The Hall–Kier alpha value is -1.94. The fourth-order valence-corrected chi connectivity index (χ4v) is 5.18. The van der Waals surface area contributed by atoms with Gasteiger partial charge in [-0.25, -0.2) is 0 Å². The Kier molecular flexibility index (Phi) is 3.53. The molecule has 0 aliphatic rings. The summed E-state index contributed by atoms with van der Waals surface area (Å²) in [4.78, 5) is 0. The summed E-state index contributed by atoms with van der Waals surface area (Å²) in [5, 5.41) is 12.3. The van der Waals surface area contributed by atoms with E-state index in [9.17, 15) is 5.11 Å². The summed E-state index contributed by atoms with van der Waals surface area (Å²) < 4.78 is 5.41. The Morgan fingerprint density at radius 3 is 2.26 bits per heavy atom. The molecular formula is C15H19NO2Si. The van der Waals surface area contributed by atoms with Gasteiger partial charge in [-0.3, -0.25) is 0 Å². The molecule has 2 aromatic carbocycles. The summed E-state index contributed by atoms with van der Waals surface area (Å²) in [5.74, 6) is 1.04. The number of hydrogen-bond donors (Lipinski definition) is 2. The summed E-state index contributed by atoms with van der Waals surface area (Å²) in [5.41, 5.74) is 6.48. The molecule has 100 valence electrons. The summed E-state index contributed by atoms with van der Waals surface area (Å²) in [6.07, 6.45) is 0. The fraction of sp³-hybridized carbons (Fsp3) is 0.200. The van der Waals surface area contributed by atoms with Crippen molar-refractivity contribution in [3.8, 4) is 11.5 Å². The molecular weight excluding hydrogens is 254 g/mol. The number of nitrogen functional groups attached to an aromatic ring is 1. The Morgan fingerprint density at radius 1 is 1.05 bits per heavy atom. The largest absolute Gasteiger partial charge is 0.508 e. The number of benzene rings is 2. The van der Waals surface area contributed by atoms with Crippen LogP contribution in [0.15, 0.2) is 42.5 Å². The Morgan fingerprint density at radius 2 is 1.68 bits per heavy atom. The number of hydrogen-bond acceptors (Lipinski definition) is 3. The molecule has 0 saturated carbocycles. The van der Waals surface area contributed by atoms with Crippen molar-refractivity contribution in [3.05, 3.63) is 42.5 Å². The van der Waals surface area contributed by atoms with Gasteiger partial charge in [-0.05, 0) is 24.3 Å². The van der Waals surface area contributed by atoms with E-state index in [-0.39, 0.29) is 0 Å². The molecule has 0 aliphatic heterocycles. The average molecular weight is 273 g/mol. The van der Waals surface area contributed by atoms with Gasteiger partial charge in [-0.1, -0.05) is 36.5 Å². The van der Waals surface area contributed by atoms with Gasteiger partial charge in [-0.2, -0.15) is 0 Å². The molecule has 0 amide bonds. The van der Waals surface area contributed by atoms with Crippen LogP contribution < -0.4 is 20.8 Å². The van der Waals surface area contributed by atoms with E-state index >= 15 is 0 Å². The average Bonchev–Trinajstić information content (AvgIpc) is 2.38. The van der Waals surface area contributed by atoms with E-state index in [1.807, 2.05) is 30.3 Å². The smallest absolute Gasteiger partial charge is 0.122 e. The van der Waals surface area contributed by atoms with E-state index in [2.05, 4.69) is 13.1 Å². The first-order valence-electron chi connectivity index (χ1n) is 6.19. The van der Waals surface area contributed by atoms with Crippen LogP contribution in [0.25, 0.3) is 0 Å². The van der Waals surface area contributed by atoms with Crippen LogP contribution in [0.5, 0.6) is 11.5 Å². The highest BCUT2D eigenvalue weighted by atomic mass is 28.3. The predicted molar refractivity (Wildman–Crippen MR) is 82.3 cm³/mol. The van der Waals surface area contributed by atoms with E-state index in [4.69, 9.17) is 10.5 Å². The summed E-state index contributed by atoms with van der Waals surface area (Å²) in [6.45, 7) is 4.38. The zero-order chi connectivity index (χ0) is 14.0. The first-order valence-corrected chi connectivity index (χ1v) is 9.19. The van der Waals surface area contributed by atoms with Crippen molar-refractivity contribution in [1.29, 1.82) is 0 Å². The van der Waals surface area contributed by atoms with Crippen molar-refractivity contribution in [3.63, 3.8) is 0 Å². The highest BCUT2D eigenvalue weighted by Gasteiger charge is 2.32. The number of phenols is 1. The molecule has 0 heterocycles. The van der Waals surface area contributed by atoms with Gasteiger partial charge < -0.3 is 15.6 Å². The minimum atomic E-state index is -2.02. The highest BCUT2D eigenvalue weighted by Crippen LogP contribution is 2.21. The van der Waals surface area contributed by atoms with Crippen molar-refractivity contribution >= 4 is 24.1 Å². The molecule has 0 atom stereocenters. The van der Waals surface area contributed by atoms with E-state index in [1.165, 1.54) is 5.19 Å². The fourth-order valence-electron chi connectivity index (χ4n) is 2.36. The van der Waals surface area contributed by atoms with Crippen LogP contribution >= 0.6 is 0 Å². The summed E-state index contributed by atoms with van der Waals surface area (Å²) in [7, 11) is -0.388. The number of rotatable bonds is 3. The van der Waals surface area contributed by atoms with Crippen LogP contribution in [0, 0.1) is 0 Å². The van der Waals surface area contributed by atoms with Gasteiger partial charge in [-0.15, -0.1) is 0 Å². The molecule has 0 aromatic heterocycles. The van der Waals surface area contributed by atoms with E-state index in [0.29, 0.717) is 5.75 Å². The van der Waals surface area contributed by atoms with Gasteiger partial charge in [0.1, 0.15) is 19.6 Å². The van der Waals surface area contributed by atoms with Crippen LogP contribution in [0.4, 0.5) is 5.69 Å². The number of anilines is 1. The lowest BCUT2D eigenvalue weighted by atomic mass is 10.3. The summed E-state index contributed by atoms with van der Waals surface area (Å²) >= 11 is 0. The Labute approximate surface area is 114 Å². The monoisotopic (exact) mass is 273 g/mol. The molecule has 3 nitrogen and oxygen atoms in total. The maximum atomic E-state index is 10.2. The lowest BCUT2D eigenvalue weighted by molar-refractivity contribution is 0.412. The molecule has 0 unspecified atom stereocenters. The van der Waals surface area contributed by atoms with Crippen LogP contribution in [-0.2, 0) is 0 Å². The lowest BCUT2D eigenvalue weighted by Crippen LogP contribution is -2.53. The van der Waals surface area contributed by atoms with Crippen molar-refractivity contribution in [1.82, 2.24) is 0 Å². The molecule has 0 radical (unpaired) electrons. The van der Waals surface area contributed by atoms with Gasteiger partial charge in [0, 0.05) is 10.9 Å². The zero-order valence-corrected chi connectivity index (χ0v) is 12.5. The second-order valence-electron chi connectivity index (χ2n) is 5.10. The molecule has 19 heavy (non-hydrogen) atoms. The normalized spacial score (nSPS) is 11.3. The van der Waals surface area contributed by atoms with Crippen LogP contribution in [-0.4, -0.2) is 20.3 Å². The standard InChI is InChI=1S/C15H19NO2Si/c1-18-14-6-4-5-13(17)15(14)19(2,3)12-9-7-11(16)8-10-12/h4-10,17H,16H2,1-3H3. The van der Waals surface area contributed by atoms with Gasteiger partial charge in [0.2, 0.25) is 0 Å². The van der Waals surface area contributed by atoms with E-state index in [1.54, 1.807) is 19.2 Å². The van der Waals surface area contributed by atoms with Gasteiger partial charge >= 0.3 is 0 Å². The van der Waals surface area contributed by atoms with Gasteiger partial charge in [0.25, 0.3) is 0 Å². The topological polar surface area (TPSA) is 55.5 Å². The molecule has 2 aromatic rings. The maximum absolute atomic E-state index is 10.2. The second-order valence-corrected chi connectivity index (χ2v) is 9.43. The quantitative estimate of drug-likeness (QED) is 0.662. The molecule has 2 rings (SSSR count). The number of phenolic OH excluding ortho intramolecular Hbond substituents is 1. The Bertz CT molecular complexity index is 579. The minimum Gasteiger partial charge on any atom is -0.508 e. The Balaban J connectivity index is 2.58. The number of ether oxygens (including phenoxy) is 1. The van der Waals surface area contributed by atoms with Gasteiger partial charge in [0.05, 0.1) is 7.11 Å². The molecule has 0 aliphatic carbocycles. The second kappa shape index (κ2) is 4.97. The minimum absolute atomic E-state index is 0.299. The van der Waals surface area contributed by atoms with E-state index in [0.717, 1.165) is 16.6 Å². The third-order valence-corrected chi connectivity index (χ3v) is 7.01. The number of methoxy groups -OCH3 is 1. The molecule has 0 bridgehead atoms. The first kappa shape index (κ1) is 13.5. The molecule has 0 saturated heterocycles. The third-order valence-electron chi connectivity index (χ3n) is 3.48. The first-order chi connectivity index (χ1) is 8.96. The zero-order valence-electron chi connectivity index (χ0n) is 11.5. The molecule has 3 N–H and O–H groups in total. The SMILES string of the molecule is COc1cccc(O)c1[Si](C)(C)c1ccc(N)cc1. The molecule has 0 spiro atoms. The summed E-state index contributed by atoms with van der Waals surface area (Å²) in [6, 6.07) is 13.3. The van der Waals surface area contributed by atoms with Crippen LogP contribution in [0.1, 0.15) is 0 Å². The number of nitrogens with two attached hydrogens (primary N) is 1. The molecule has 4 heteroatoms. The molecule has 0 fully saturated rings. The van der Waals surface area contributed by atoms with Gasteiger partial charge in [0.15, 0.2) is 0 Å². The van der Waals surface area contributed by atoms with Crippen molar-refractivity contribution in [2.75, 3.05) is 12.8 Å². The third kappa shape index (κ3) is 2.44. The highest BCUT2D eigenvalue weighted by molar-refractivity contribution is 7.01. The van der Waals surface area contributed by atoms with Crippen molar-refractivity contribution in [2.24, 2.45) is 0 Å². The number of aromatic hydroxyl groups is 1. The van der Waals surface area contributed by atoms with E-state index < -0.39 is 8.07 Å². The van der Waals surface area contributed by atoms with Crippen molar-refractivity contribution in [2.45, 2.75) is 13.1 Å².